The van der Waals surface area contributed by atoms with Crippen molar-refractivity contribution in [2.24, 2.45) is 0 Å². The monoisotopic (exact) mass is 323 g/mol. The molecule has 1 fully saturated rings. The summed E-state index contributed by atoms with van der Waals surface area (Å²) in [6, 6.07) is 7.82. The molecule has 1 saturated heterocycles. The highest BCUT2D eigenvalue weighted by Gasteiger charge is 2.29. The minimum atomic E-state index is 0.0810. The maximum absolute atomic E-state index is 12.9. The quantitative estimate of drug-likeness (QED) is 0.924. The van der Waals surface area contributed by atoms with Gasteiger partial charge in [0.25, 0.3) is 5.91 Å². The number of hydrogen-bond acceptors (Lipinski definition) is 3. The second-order valence-corrected chi connectivity index (χ2v) is 6.54. The van der Waals surface area contributed by atoms with Crippen LogP contribution in [0.3, 0.4) is 0 Å². The Hall–Kier alpha value is -2.56. The summed E-state index contributed by atoms with van der Waals surface area (Å²) in [4.78, 5) is 22.6. The standard InChI is InChI=1S/C19H21N3O2/c1-13-10-20-18(21-13)15-6-4-8-22(11-15)19(23)16-9-14-5-2-3-7-17(14)24-12-16/h2-3,5,7,9-10,15H,4,6,8,11-12H2,1H3,(H,20,21)/t15-/m0/s1. The first-order valence-corrected chi connectivity index (χ1v) is 8.44. The van der Waals surface area contributed by atoms with E-state index in [2.05, 4.69) is 9.97 Å². The number of aryl methyl sites for hydroxylation is 1. The van der Waals surface area contributed by atoms with Crippen molar-refractivity contribution < 1.29 is 9.53 Å². The van der Waals surface area contributed by atoms with Crippen molar-refractivity contribution in [1.82, 2.24) is 14.9 Å². The topological polar surface area (TPSA) is 58.2 Å². The highest BCUT2D eigenvalue weighted by atomic mass is 16.5. The third-order valence-electron chi connectivity index (χ3n) is 4.72. The van der Waals surface area contributed by atoms with E-state index in [0.29, 0.717) is 13.2 Å². The number of ether oxygens (including phenoxy) is 1. The lowest BCUT2D eigenvalue weighted by Gasteiger charge is -2.33. The van der Waals surface area contributed by atoms with Gasteiger partial charge in [0, 0.05) is 36.5 Å². The summed E-state index contributed by atoms with van der Waals surface area (Å²) in [6.45, 7) is 3.86. The average molecular weight is 323 g/mol. The molecule has 1 N–H and O–H groups in total. The molecule has 5 nitrogen and oxygen atoms in total. The molecule has 2 aliphatic rings. The first-order valence-electron chi connectivity index (χ1n) is 8.44. The summed E-state index contributed by atoms with van der Waals surface area (Å²) in [5, 5.41) is 0. The van der Waals surface area contributed by atoms with E-state index < -0.39 is 0 Å². The molecule has 3 heterocycles. The van der Waals surface area contributed by atoms with Crippen LogP contribution in [0.1, 0.15) is 35.8 Å². The molecule has 1 atom stereocenters. The number of benzene rings is 1. The summed E-state index contributed by atoms with van der Waals surface area (Å²) < 4.78 is 5.73. The van der Waals surface area contributed by atoms with Gasteiger partial charge in [-0.15, -0.1) is 0 Å². The molecule has 0 saturated carbocycles. The number of piperidine rings is 1. The van der Waals surface area contributed by atoms with E-state index >= 15 is 0 Å². The molecule has 1 amide bonds. The van der Waals surface area contributed by atoms with Crippen molar-refractivity contribution in [3.63, 3.8) is 0 Å². The maximum Gasteiger partial charge on any atom is 0.253 e. The first-order chi connectivity index (χ1) is 11.7. The lowest BCUT2D eigenvalue weighted by atomic mass is 9.96. The smallest absolute Gasteiger partial charge is 0.253 e. The SMILES string of the molecule is Cc1cnc([C@H]2CCCN(C(=O)C3=Cc4ccccc4OC3)C2)[nH]1. The highest BCUT2D eigenvalue weighted by molar-refractivity contribution is 5.99. The predicted octanol–water partition coefficient (Wildman–Crippen LogP) is 2.90. The molecule has 124 valence electrons. The number of fused-ring (bicyclic) bond motifs is 1. The molecule has 2 aromatic rings. The summed E-state index contributed by atoms with van der Waals surface area (Å²) in [6.07, 6.45) is 5.88. The fourth-order valence-corrected chi connectivity index (χ4v) is 3.47. The summed E-state index contributed by atoms with van der Waals surface area (Å²) >= 11 is 0. The van der Waals surface area contributed by atoms with Gasteiger partial charge in [0.05, 0.1) is 5.57 Å². The lowest BCUT2D eigenvalue weighted by molar-refractivity contribution is -0.128. The van der Waals surface area contributed by atoms with Gasteiger partial charge in [-0.25, -0.2) is 4.98 Å². The number of amides is 1. The molecule has 1 aromatic carbocycles. The maximum atomic E-state index is 12.9. The summed E-state index contributed by atoms with van der Waals surface area (Å²) in [7, 11) is 0. The van der Waals surface area contributed by atoms with Gasteiger partial charge in [0.2, 0.25) is 0 Å². The molecule has 2 aliphatic heterocycles. The lowest BCUT2D eigenvalue weighted by Crippen LogP contribution is -2.41. The van der Waals surface area contributed by atoms with E-state index in [0.717, 1.165) is 47.8 Å². The molecule has 4 rings (SSSR count). The van der Waals surface area contributed by atoms with E-state index in [-0.39, 0.29) is 11.8 Å². The van der Waals surface area contributed by atoms with Gasteiger partial charge in [-0.3, -0.25) is 4.79 Å². The largest absolute Gasteiger partial charge is 0.488 e. The van der Waals surface area contributed by atoms with Crippen LogP contribution in [-0.4, -0.2) is 40.5 Å². The number of nitrogens with one attached hydrogen (secondary N) is 1. The number of aromatic nitrogens is 2. The molecule has 0 spiro atoms. The minimum Gasteiger partial charge on any atom is -0.488 e. The van der Waals surface area contributed by atoms with Crippen molar-refractivity contribution in [2.75, 3.05) is 19.7 Å². The van der Waals surface area contributed by atoms with Gasteiger partial charge in [-0.2, -0.15) is 0 Å². The number of carbonyl (C=O) groups excluding carboxylic acids is 1. The molecule has 0 bridgehead atoms. The van der Waals surface area contributed by atoms with E-state index in [1.165, 1.54) is 0 Å². The average Bonchev–Trinajstić information content (AvgIpc) is 3.07. The number of imidazole rings is 1. The third kappa shape index (κ3) is 2.82. The summed E-state index contributed by atoms with van der Waals surface area (Å²) in [5.74, 6) is 2.20. The van der Waals surface area contributed by atoms with Gasteiger partial charge in [0.1, 0.15) is 18.2 Å². The summed E-state index contributed by atoms with van der Waals surface area (Å²) in [5.41, 5.74) is 2.76. The predicted molar refractivity (Wildman–Crippen MR) is 91.8 cm³/mol. The Morgan fingerprint density at radius 2 is 2.25 bits per heavy atom. The molecular formula is C19H21N3O2. The molecular weight excluding hydrogens is 302 g/mol. The first kappa shape index (κ1) is 15.0. The van der Waals surface area contributed by atoms with E-state index in [1.54, 1.807) is 0 Å². The number of hydrogen-bond donors (Lipinski definition) is 1. The van der Waals surface area contributed by atoms with Gasteiger partial charge in [-0.1, -0.05) is 18.2 Å². The van der Waals surface area contributed by atoms with Gasteiger partial charge < -0.3 is 14.6 Å². The number of carbonyl (C=O) groups is 1. The van der Waals surface area contributed by atoms with E-state index in [9.17, 15) is 4.79 Å². The highest BCUT2D eigenvalue weighted by Crippen LogP contribution is 2.29. The number of nitrogens with zero attached hydrogens (tertiary/aromatic N) is 2. The molecule has 0 radical (unpaired) electrons. The number of likely N-dealkylation sites (tertiary alicyclic amines) is 1. The Morgan fingerprint density at radius 1 is 1.38 bits per heavy atom. The number of aromatic amines is 1. The van der Waals surface area contributed by atoms with Crippen LogP contribution in [-0.2, 0) is 4.79 Å². The van der Waals surface area contributed by atoms with Crippen molar-refractivity contribution in [3.8, 4) is 5.75 Å². The fourth-order valence-electron chi connectivity index (χ4n) is 3.47. The molecule has 5 heteroatoms. The van der Waals surface area contributed by atoms with Gasteiger partial charge in [0.15, 0.2) is 0 Å². The Balaban J connectivity index is 1.51. The molecule has 1 aromatic heterocycles. The van der Waals surface area contributed by atoms with Crippen LogP contribution in [0.4, 0.5) is 0 Å². The zero-order valence-electron chi connectivity index (χ0n) is 13.8. The number of rotatable bonds is 2. The Bertz CT molecular complexity index is 793. The van der Waals surface area contributed by atoms with Crippen molar-refractivity contribution >= 4 is 12.0 Å². The van der Waals surface area contributed by atoms with Crippen LogP contribution in [0, 0.1) is 6.92 Å². The van der Waals surface area contributed by atoms with Crippen LogP contribution >= 0.6 is 0 Å². The zero-order valence-corrected chi connectivity index (χ0v) is 13.8. The van der Waals surface area contributed by atoms with Crippen molar-refractivity contribution in [3.05, 3.63) is 53.1 Å². The fraction of sp³-hybridized carbons (Fsp3) is 0.368. The van der Waals surface area contributed by atoms with Crippen LogP contribution in [0.2, 0.25) is 0 Å². The number of para-hydroxylation sites is 1. The van der Waals surface area contributed by atoms with E-state index in [4.69, 9.17) is 4.74 Å². The van der Waals surface area contributed by atoms with Gasteiger partial charge in [-0.05, 0) is 31.9 Å². The van der Waals surface area contributed by atoms with Crippen LogP contribution in [0.15, 0.2) is 36.0 Å². The van der Waals surface area contributed by atoms with Crippen LogP contribution in [0.5, 0.6) is 5.75 Å². The van der Waals surface area contributed by atoms with Gasteiger partial charge >= 0.3 is 0 Å². The second-order valence-electron chi connectivity index (χ2n) is 6.54. The van der Waals surface area contributed by atoms with Crippen molar-refractivity contribution in [1.29, 1.82) is 0 Å². The molecule has 0 aliphatic carbocycles. The Labute approximate surface area is 141 Å². The minimum absolute atomic E-state index is 0.0810. The normalized spacial score (nSPS) is 20.1. The molecule has 0 unspecified atom stereocenters. The van der Waals surface area contributed by atoms with Crippen LogP contribution in [0.25, 0.3) is 6.08 Å². The van der Waals surface area contributed by atoms with Crippen molar-refractivity contribution in [2.45, 2.75) is 25.7 Å². The Kier molecular flexibility index (Phi) is 3.84. The molecule has 24 heavy (non-hydrogen) atoms. The third-order valence-corrected chi connectivity index (χ3v) is 4.72. The van der Waals surface area contributed by atoms with E-state index in [1.807, 2.05) is 48.4 Å². The number of H-pyrrole nitrogens is 1. The van der Waals surface area contributed by atoms with Crippen LogP contribution < -0.4 is 4.74 Å². The second kappa shape index (κ2) is 6.15. The zero-order chi connectivity index (χ0) is 16.5. The Morgan fingerprint density at radius 3 is 3.08 bits per heavy atom.